The van der Waals surface area contributed by atoms with E-state index in [0.29, 0.717) is 0 Å². The summed E-state index contributed by atoms with van der Waals surface area (Å²) in [4.78, 5) is 9.18. The maximum absolute atomic E-state index is 6.43. The number of aromatic nitrogens is 2. The van der Waals surface area contributed by atoms with Crippen molar-refractivity contribution in [2.75, 3.05) is 0 Å². The van der Waals surface area contributed by atoms with E-state index in [4.69, 9.17) is 4.42 Å². The number of thiophene rings is 1. The van der Waals surface area contributed by atoms with Gasteiger partial charge in [-0.2, -0.15) is 0 Å². The van der Waals surface area contributed by atoms with Gasteiger partial charge in [0.15, 0.2) is 5.58 Å². The second kappa shape index (κ2) is 7.01. The predicted octanol–water partition coefficient (Wildman–Crippen LogP) is 8.22. The van der Waals surface area contributed by atoms with E-state index < -0.39 is 0 Å². The van der Waals surface area contributed by atoms with Gasteiger partial charge in [-0.15, -0.1) is 11.3 Å². The van der Waals surface area contributed by atoms with Gasteiger partial charge >= 0.3 is 0 Å². The SMILES string of the molecule is CC(C)(C)c1cc(-c2ncnc3cc(-c4cccc5sccc45)oc23)cc2ccccc12. The molecule has 0 amide bonds. The number of rotatable bonds is 2. The molecule has 32 heavy (non-hydrogen) atoms. The van der Waals surface area contributed by atoms with Gasteiger partial charge < -0.3 is 4.42 Å². The lowest BCUT2D eigenvalue weighted by Gasteiger charge is -2.22. The van der Waals surface area contributed by atoms with Gasteiger partial charge in [-0.1, -0.05) is 57.2 Å². The Balaban J connectivity index is 1.60. The molecule has 3 aromatic heterocycles. The van der Waals surface area contributed by atoms with Gasteiger partial charge in [-0.05, 0) is 51.4 Å². The number of hydrogen-bond donors (Lipinski definition) is 0. The highest BCUT2D eigenvalue weighted by molar-refractivity contribution is 7.17. The molecule has 4 heteroatoms. The Morgan fingerprint density at radius 1 is 0.844 bits per heavy atom. The molecule has 0 aliphatic heterocycles. The standard InChI is InChI=1S/C28H22N2OS/c1-28(2,3)22-14-18(13-17-7-4-5-8-19(17)22)26-27-23(29-16-30-26)15-24(31-27)20-9-6-10-25-21(20)11-12-32-25/h4-16H,1-3H3. The van der Waals surface area contributed by atoms with Crippen molar-refractivity contribution in [2.24, 2.45) is 0 Å². The van der Waals surface area contributed by atoms with Gasteiger partial charge in [0.1, 0.15) is 23.3 Å². The number of benzene rings is 3. The molecular weight excluding hydrogens is 412 g/mol. The molecule has 6 rings (SSSR count). The molecule has 0 aliphatic carbocycles. The minimum Gasteiger partial charge on any atom is -0.452 e. The molecule has 0 unspecified atom stereocenters. The minimum absolute atomic E-state index is 0.00464. The molecule has 0 spiro atoms. The van der Waals surface area contributed by atoms with Crippen molar-refractivity contribution in [3.05, 3.63) is 84.0 Å². The van der Waals surface area contributed by atoms with Crippen LogP contribution in [0.3, 0.4) is 0 Å². The summed E-state index contributed by atoms with van der Waals surface area (Å²) in [6.07, 6.45) is 1.63. The fourth-order valence-corrected chi connectivity index (χ4v) is 5.28. The van der Waals surface area contributed by atoms with Crippen LogP contribution in [0.15, 0.2) is 82.9 Å². The number of furan rings is 1. The van der Waals surface area contributed by atoms with Crippen LogP contribution in [0, 0.1) is 0 Å². The Morgan fingerprint density at radius 3 is 2.59 bits per heavy atom. The maximum Gasteiger partial charge on any atom is 0.179 e. The molecule has 0 bridgehead atoms. The molecule has 0 N–H and O–H groups in total. The average Bonchev–Trinajstić information content (AvgIpc) is 3.44. The van der Waals surface area contributed by atoms with E-state index in [0.717, 1.165) is 33.7 Å². The van der Waals surface area contributed by atoms with Crippen molar-refractivity contribution in [2.45, 2.75) is 26.2 Å². The van der Waals surface area contributed by atoms with Crippen LogP contribution in [-0.4, -0.2) is 9.97 Å². The van der Waals surface area contributed by atoms with E-state index in [9.17, 15) is 0 Å². The van der Waals surface area contributed by atoms with Crippen molar-refractivity contribution >= 4 is 43.3 Å². The molecule has 0 fully saturated rings. The summed E-state index contributed by atoms with van der Waals surface area (Å²) in [7, 11) is 0. The summed E-state index contributed by atoms with van der Waals surface area (Å²) in [5.41, 5.74) is 5.82. The van der Waals surface area contributed by atoms with Crippen LogP contribution in [0.5, 0.6) is 0 Å². The van der Waals surface area contributed by atoms with Crippen molar-refractivity contribution in [3.63, 3.8) is 0 Å². The third kappa shape index (κ3) is 3.02. The Labute approximate surface area is 190 Å². The van der Waals surface area contributed by atoms with Crippen LogP contribution >= 0.6 is 11.3 Å². The Bertz CT molecular complexity index is 1620. The summed E-state index contributed by atoms with van der Waals surface area (Å²) in [6, 6.07) is 23.5. The summed E-state index contributed by atoms with van der Waals surface area (Å²) >= 11 is 1.74. The monoisotopic (exact) mass is 434 g/mol. The third-order valence-corrected chi connectivity index (χ3v) is 6.90. The Kier molecular flexibility index (Phi) is 4.21. The normalized spacial score (nSPS) is 12.2. The van der Waals surface area contributed by atoms with Crippen LogP contribution < -0.4 is 0 Å². The average molecular weight is 435 g/mol. The summed E-state index contributed by atoms with van der Waals surface area (Å²) in [5, 5.41) is 5.80. The van der Waals surface area contributed by atoms with E-state index >= 15 is 0 Å². The zero-order valence-corrected chi connectivity index (χ0v) is 19.0. The van der Waals surface area contributed by atoms with Crippen LogP contribution in [0.25, 0.3) is 54.5 Å². The van der Waals surface area contributed by atoms with Crippen LogP contribution in [0.1, 0.15) is 26.3 Å². The van der Waals surface area contributed by atoms with E-state index in [1.54, 1.807) is 17.7 Å². The molecule has 3 heterocycles. The van der Waals surface area contributed by atoms with Crippen molar-refractivity contribution in [1.82, 2.24) is 9.97 Å². The van der Waals surface area contributed by atoms with E-state index in [1.807, 2.05) is 6.07 Å². The molecule has 6 aromatic rings. The number of nitrogens with zero attached hydrogens (tertiary/aromatic N) is 2. The van der Waals surface area contributed by atoms with Gasteiger partial charge in [0.05, 0.1) is 0 Å². The third-order valence-electron chi connectivity index (χ3n) is 6.02. The van der Waals surface area contributed by atoms with Crippen LogP contribution in [0.4, 0.5) is 0 Å². The molecule has 0 radical (unpaired) electrons. The largest absolute Gasteiger partial charge is 0.452 e. The lowest BCUT2D eigenvalue weighted by atomic mass is 9.82. The molecule has 0 atom stereocenters. The highest BCUT2D eigenvalue weighted by atomic mass is 32.1. The molecule has 3 aromatic carbocycles. The van der Waals surface area contributed by atoms with E-state index in [-0.39, 0.29) is 5.41 Å². The zero-order valence-electron chi connectivity index (χ0n) is 18.2. The lowest BCUT2D eigenvalue weighted by Crippen LogP contribution is -2.12. The first kappa shape index (κ1) is 19.2. The predicted molar refractivity (Wildman–Crippen MR) is 134 cm³/mol. The second-order valence-corrected chi connectivity index (χ2v) is 10.1. The minimum atomic E-state index is 0.00464. The maximum atomic E-state index is 6.43. The number of fused-ring (bicyclic) bond motifs is 3. The van der Waals surface area contributed by atoms with Crippen molar-refractivity contribution < 1.29 is 4.42 Å². The second-order valence-electron chi connectivity index (χ2n) is 9.18. The summed E-state index contributed by atoms with van der Waals surface area (Å²) < 4.78 is 7.68. The van der Waals surface area contributed by atoms with Crippen molar-refractivity contribution in [3.8, 4) is 22.6 Å². The zero-order chi connectivity index (χ0) is 21.9. The molecule has 156 valence electrons. The van der Waals surface area contributed by atoms with Gasteiger partial charge in [0.2, 0.25) is 0 Å². The topological polar surface area (TPSA) is 38.9 Å². The Hall–Kier alpha value is -3.50. The number of hydrogen-bond acceptors (Lipinski definition) is 4. The molecule has 0 saturated heterocycles. The molecular formula is C28H22N2OS. The first-order valence-electron chi connectivity index (χ1n) is 10.7. The highest BCUT2D eigenvalue weighted by Crippen LogP contribution is 2.39. The van der Waals surface area contributed by atoms with E-state index in [2.05, 4.69) is 96.8 Å². The molecule has 0 saturated carbocycles. The Morgan fingerprint density at radius 2 is 1.72 bits per heavy atom. The van der Waals surface area contributed by atoms with Crippen LogP contribution in [0.2, 0.25) is 0 Å². The first-order chi connectivity index (χ1) is 15.5. The lowest BCUT2D eigenvalue weighted by molar-refractivity contribution is 0.596. The molecule has 3 nitrogen and oxygen atoms in total. The van der Waals surface area contributed by atoms with Gasteiger partial charge in [-0.25, -0.2) is 9.97 Å². The van der Waals surface area contributed by atoms with Gasteiger partial charge in [0.25, 0.3) is 0 Å². The molecule has 0 aliphatic rings. The summed E-state index contributed by atoms with van der Waals surface area (Å²) in [6.45, 7) is 6.75. The van der Waals surface area contributed by atoms with Crippen LogP contribution in [-0.2, 0) is 5.41 Å². The fourth-order valence-electron chi connectivity index (χ4n) is 4.47. The van der Waals surface area contributed by atoms with E-state index in [1.165, 1.54) is 26.4 Å². The quantitative estimate of drug-likeness (QED) is 0.275. The fraction of sp³-hybridized carbons (Fsp3) is 0.143. The highest BCUT2D eigenvalue weighted by Gasteiger charge is 2.21. The van der Waals surface area contributed by atoms with Gasteiger partial charge in [-0.3, -0.25) is 0 Å². The summed E-state index contributed by atoms with van der Waals surface area (Å²) in [5.74, 6) is 0.822. The van der Waals surface area contributed by atoms with Gasteiger partial charge in [0, 0.05) is 27.3 Å². The smallest absolute Gasteiger partial charge is 0.179 e. The van der Waals surface area contributed by atoms with Crippen molar-refractivity contribution in [1.29, 1.82) is 0 Å². The first-order valence-corrected chi connectivity index (χ1v) is 11.6.